The van der Waals surface area contributed by atoms with Crippen LogP contribution >= 0.6 is 0 Å². The van der Waals surface area contributed by atoms with Crippen LogP contribution in [0.1, 0.15) is 31.4 Å². The number of aryl methyl sites for hydroxylation is 1. The fraction of sp³-hybridized carbons (Fsp3) is 0.278. The standard InChI is InChI=1S/C18H20O3/c1-3-8-16-15(11-7-12-17(16)21-18(19)20)14-10-6-5-9-13(14)4-2/h5-7,9-12H,3-4,8H2,1-2H3,(H,19,20). The van der Waals surface area contributed by atoms with E-state index in [2.05, 4.69) is 26.0 Å². The summed E-state index contributed by atoms with van der Waals surface area (Å²) in [5.74, 6) is 0.438. The number of benzene rings is 2. The Balaban J connectivity index is 2.59. The van der Waals surface area contributed by atoms with Crippen LogP contribution in [0.2, 0.25) is 0 Å². The van der Waals surface area contributed by atoms with Crippen LogP contribution in [0.4, 0.5) is 4.79 Å². The summed E-state index contributed by atoms with van der Waals surface area (Å²) in [6.45, 7) is 4.20. The summed E-state index contributed by atoms with van der Waals surface area (Å²) in [7, 11) is 0. The highest BCUT2D eigenvalue weighted by molar-refractivity contribution is 5.74. The van der Waals surface area contributed by atoms with Gasteiger partial charge in [0, 0.05) is 5.56 Å². The molecule has 0 saturated carbocycles. The highest BCUT2D eigenvalue weighted by atomic mass is 16.7. The molecule has 0 spiro atoms. The van der Waals surface area contributed by atoms with Gasteiger partial charge in [-0.2, -0.15) is 0 Å². The van der Waals surface area contributed by atoms with Crippen LogP contribution in [-0.2, 0) is 12.8 Å². The van der Waals surface area contributed by atoms with E-state index in [0.29, 0.717) is 5.75 Å². The molecule has 2 aromatic carbocycles. The SMILES string of the molecule is CCCc1c(OC(=O)O)cccc1-c1ccccc1CC. The molecular formula is C18H20O3. The Labute approximate surface area is 125 Å². The summed E-state index contributed by atoms with van der Waals surface area (Å²) < 4.78 is 4.95. The van der Waals surface area contributed by atoms with Crippen molar-refractivity contribution in [1.82, 2.24) is 0 Å². The van der Waals surface area contributed by atoms with E-state index in [9.17, 15) is 4.79 Å². The number of rotatable bonds is 5. The van der Waals surface area contributed by atoms with Crippen molar-refractivity contribution < 1.29 is 14.6 Å². The van der Waals surface area contributed by atoms with Crippen molar-refractivity contribution >= 4 is 6.16 Å². The number of hydrogen-bond acceptors (Lipinski definition) is 2. The number of carbonyl (C=O) groups is 1. The van der Waals surface area contributed by atoms with E-state index in [0.717, 1.165) is 36.0 Å². The summed E-state index contributed by atoms with van der Waals surface area (Å²) >= 11 is 0. The molecule has 110 valence electrons. The van der Waals surface area contributed by atoms with Gasteiger partial charge in [0.05, 0.1) is 0 Å². The molecule has 0 bridgehead atoms. The van der Waals surface area contributed by atoms with Crippen molar-refractivity contribution in [2.45, 2.75) is 33.1 Å². The summed E-state index contributed by atoms with van der Waals surface area (Å²) in [5, 5.41) is 8.90. The van der Waals surface area contributed by atoms with Gasteiger partial charge in [-0.15, -0.1) is 0 Å². The molecule has 3 heteroatoms. The number of carboxylic acid groups (broad SMARTS) is 1. The van der Waals surface area contributed by atoms with Crippen LogP contribution in [0.5, 0.6) is 5.75 Å². The summed E-state index contributed by atoms with van der Waals surface area (Å²) in [5.41, 5.74) is 4.43. The van der Waals surface area contributed by atoms with E-state index in [1.807, 2.05) is 24.3 Å². The van der Waals surface area contributed by atoms with E-state index < -0.39 is 6.16 Å². The van der Waals surface area contributed by atoms with E-state index in [4.69, 9.17) is 9.84 Å². The molecule has 0 radical (unpaired) electrons. The quantitative estimate of drug-likeness (QED) is 0.625. The predicted molar refractivity (Wildman–Crippen MR) is 83.9 cm³/mol. The minimum atomic E-state index is -1.27. The second-order valence-electron chi connectivity index (χ2n) is 4.91. The molecule has 0 saturated heterocycles. The maximum absolute atomic E-state index is 10.9. The first-order valence-electron chi connectivity index (χ1n) is 7.28. The van der Waals surface area contributed by atoms with Crippen LogP contribution in [0.15, 0.2) is 42.5 Å². The van der Waals surface area contributed by atoms with Gasteiger partial charge in [0.25, 0.3) is 0 Å². The molecule has 1 N–H and O–H groups in total. The smallest absolute Gasteiger partial charge is 0.449 e. The molecule has 0 heterocycles. The van der Waals surface area contributed by atoms with Crippen molar-refractivity contribution in [1.29, 1.82) is 0 Å². The third-order valence-corrected chi connectivity index (χ3v) is 3.52. The zero-order chi connectivity index (χ0) is 15.2. The lowest BCUT2D eigenvalue weighted by atomic mass is 9.92. The van der Waals surface area contributed by atoms with Crippen LogP contribution < -0.4 is 4.74 Å². The van der Waals surface area contributed by atoms with Crippen LogP contribution in [0.25, 0.3) is 11.1 Å². The molecule has 0 aliphatic carbocycles. The molecule has 0 atom stereocenters. The normalized spacial score (nSPS) is 10.4. The van der Waals surface area contributed by atoms with Gasteiger partial charge < -0.3 is 9.84 Å². The average molecular weight is 284 g/mol. The van der Waals surface area contributed by atoms with Crippen molar-refractivity contribution in [3.63, 3.8) is 0 Å². The fourth-order valence-corrected chi connectivity index (χ4v) is 2.61. The Morgan fingerprint density at radius 3 is 2.43 bits per heavy atom. The Morgan fingerprint density at radius 1 is 1.05 bits per heavy atom. The highest BCUT2D eigenvalue weighted by Gasteiger charge is 2.14. The van der Waals surface area contributed by atoms with Crippen molar-refractivity contribution in [3.05, 3.63) is 53.6 Å². The first kappa shape index (κ1) is 15.1. The molecule has 21 heavy (non-hydrogen) atoms. The summed E-state index contributed by atoms with van der Waals surface area (Å²) in [6, 6.07) is 13.8. The van der Waals surface area contributed by atoms with Gasteiger partial charge in [0.15, 0.2) is 0 Å². The van der Waals surface area contributed by atoms with E-state index in [-0.39, 0.29) is 0 Å². The monoisotopic (exact) mass is 284 g/mol. The Hall–Kier alpha value is -2.29. The van der Waals surface area contributed by atoms with Gasteiger partial charge >= 0.3 is 6.16 Å². The molecule has 0 unspecified atom stereocenters. The number of hydrogen-bond donors (Lipinski definition) is 1. The largest absolute Gasteiger partial charge is 0.511 e. The molecule has 2 aromatic rings. The average Bonchev–Trinajstić information content (AvgIpc) is 2.48. The fourth-order valence-electron chi connectivity index (χ4n) is 2.61. The second kappa shape index (κ2) is 6.93. The lowest BCUT2D eigenvalue weighted by Gasteiger charge is -2.15. The maximum atomic E-state index is 10.9. The van der Waals surface area contributed by atoms with Gasteiger partial charge in [0.1, 0.15) is 5.75 Å². The topological polar surface area (TPSA) is 46.5 Å². The van der Waals surface area contributed by atoms with E-state index >= 15 is 0 Å². The lowest BCUT2D eigenvalue weighted by Crippen LogP contribution is -2.06. The predicted octanol–water partition coefficient (Wildman–Crippen LogP) is 4.93. The van der Waals surface area contributed by atoms with Crippen molar-refractivity contribution in [2.75, 3.05) is 0 Å². The molecule has 0 amide bonds. The van der Waals surface area contributed by atoms with Crippen LogP contribution in [0, 0.1) is 0 Å². The summed E-state index contributed by atoms with van der Waals surface area (Å²) in [6.07, 6.45) is 1.39. The molecule has 0 fully saturated rings. The zero-order valence-corrected chi connectivity index (χ0v) is 12.4. The first-order chi connectivity index (χ1) is 10.2. The Kier molecular flexibility index (Phi) is 4.99. The highest BCUT2D eigenvalue weighted by Crippen LogP contribution is 2.34. The van der Waals surface area contributed by atoms with E-state index in [1.165, 1.54) is 5.56 Å². The minimum Gasteiger partial charge on any atom is -0.449 e. The molecule has 0 aromatic heterocycles. The van der Waals surface area contributed by atoms with Gasteiger partial charge in [-0.3, -0.25) is 0 Å². The Bertz CT molecular complexity index is 632. The maximum Gasteiger partial charge on any atom is 0.511 e. The first-order valence-corrected chi connectivity index (χ1v) is 7.28. The van der Waals surface area contributed by atoms with Gasteiger partial charge in [-0.25, -0.2) is 4.79 Å². The molecule has 2 rings (SSSR count). The molecule has 3 nitrogen and oxygen atoms in total. The Morgan fingerprint density at radius 2 is 1.76 bits per heavy atom. The van der Waals surface area contributed by atoms with Crippen LogP contribution in [-0.4, -0.2) is 11.3 Å². The minimum absolute atomic E-state index is 0.438. The zero-order valence-electron chi connectivity index (χ0n) is 12.4. The third kappa shape index (κ3) is 3.43. The van der Waals surface area contributed by atoms with E-state index in [1.54, 1.807) is 6.07 Å². The summed E-state index contributed by atoms with van der Waals surface area (Å²) in [4.78, 5) is 10.9. The molecule has 0 aliphatic rings. The lowest BCUT2D eigenvalue weighted by molar-refractivity contribution is 0.144. The second-order valence-corrected chi connectivity index (χ2v) is 4.91. The van der Waals surface area contributed by atoms with Crippen molar-refractivity contribution in [2.24, 2.45) is 0 Å². The van der Waals surface area contributed by atoms with Gasteiger partial charge in [-0.1, -0.05) is 56.7 Å². The molecule has 0 aliphatic heterocycles. The third-order valence-electron chi connectivity index (χ3n) is 3.52. The van der Waals surface area contributed by atoms with Gasteiger partial charge in [-0.05, 0) is 35.6 Å². The van der Waals surface area contributed by atoms with Crippen LogP contribution in [0.3, 0.4) is 0 Å². The van der Waals surface area contributed by atoms with Crippen molar-refractivity contribution in [3.8, 4) is 16.9 Å². The van der Waals surface area contributed by atoms with Gasteiger partial charge in [0.2, 0.25) is 0 Å². The number of ether oxygens (including phenoxy) is 1. The molecular weight excluding hydrogens is 264 g/mol.